The Balaban J connectivity index is 1.81. The third-order valence-electron chi connectivity index (χ3n) is 4.91. The Morgan fingerprint density at radius 3 is 2.05 bits per heavy atom. The number of hydrogen-bond donors (Lipinski definition) is 1. The molecule has 2 bridgehead atoms. The van der Waals surface area contributed by atoms with Crippen LogP contribution < -0.4 is 0 Å². The molecule has 0 unspecified atom stereocenters. The molecule has 1 spiro atoms. The Hall–Kier alpha value is -1.39. The van der Waals surface area contributed by atoms with E-state index in [1.807, 2.05) is 0 Å². The first-order chi connectivity index (χ1) is 9.80. The maximum absolute atomic E-state index is 9.23. The van der Waals surface area contributed by atoms with E-state index in [4.69, 9.17) is 9.47 Å². The lowest BCUT2D eigenvalue weighted by Crippen LogP contribution is -2.35. The van der Waals surface area contributed by atoms with Crippen molar-refractivity contribution in [2.24, 2.45) is 5.16 Å². The van der Waals surface area contributed by atoms with Gasteiger partial charge in [0.25, 0.3) is 0 Å². The quantitative estimate of drug-likeness (QED) is 0.584. The third-order valence-corrected chi connectivity index (χ3v) is 4.91. The standard InChI is InChI=1S/C16H19NO3/c18-17-13-7-11-9-16(19-5-6-20-16)10-12(8-13)15-4-2-1-3-14(11)15/h1-4,11-12,18H,5-10H2/t11-,12-/m1/s1. The highest BCUT2D eigenvalue weighted by Crippen LogP contribution is 2.50. The highest BCUT2D eigenvalue weighted by Gasteiger charge is 2.46. The van der Waals surface area contributed by atoms with Crippen LogP contribution in [0, 0.1) is 0 Å². The molecule has 1 heterocycles. The molecule has 106 valence electrons. The van der Waals surface area contributed by atoms with E-state index in [-0.39, 0.29) is 0 Å². The van der Waals surface area contributed by atoms with Crippen LogP contribution in [0.2, 0.25) is 0 Å². The van der Waals surface area contributed by atoms with Crippen molar-refractivity contribution in [1.82, 2.24) is 0 Å². The lowest BCUT2D eigenvalue weighted by atomic mass is 9.85. The highest BCUT2D eigenvalue weighted by molar-refractivity contribution is 5.86. The van der Waals surface area contributed by atoms with Gasteiger partial charge in [-0.3, -0.25) is 0 Å². The SMILES string of the molecule is ON=C1C[C@@H]2CC3(C[C@@H](C1)c1ccccc12)OCCO3. The first-order valence-corrected chi connectivity index (χ1v) is 7.36. The maximum atomic E-state index is 9.23. The van der Waals surface area contributed by atoms with Crippen molar-refractivity contribution in [2.45, 2.75) is 43.3 Å². The first kappa shape index (κ1) is 12.4. The van der Waals surface area contributed by atoms with Crippen LogP contribution in [0.15, 0.2) is 29.4 Å². The van der Waals surface area contributed by atoms with E-state index in [2.05, 4.69) is 29.4 Å². The minimum atomic E-state index is -0.421. The summed E-state index contributed by atoms with van der Waals surface area (Å²) in [4.78, 5) is 0. The van der Waals surface area contributed by atoms with Crippen molar-refractivity contribution in [3.8, 4) is 0 Å². The summed E-state index contributed by atoms with van der Waals surface area (Å²) < 4.78 is 11.9. The molecule has 3 aliphatic rings. The van der Waals surface area contributed by atoms with Gasteiger partial charge in [0, 0.05) is 12.8 Å². The molecule has 1 saturated heterocycles. The average Bonchev–Trinajstić information content (AvgIpc) is 2.80. The summed E-state index contributed by atoms with van der Waals surface area (Å²) in [7, 11) is 0. The zero-order chi connectivity index (χ0) is 13.6. The van der Waals surface area contributed by atoms with Gasteiger partial charge in [-0.15, -0.1) is 0 Å². The molecule has 1 aliphatic heterocycles. The third kappa shape index (κ3) is 1.86. The molecule has 0 saturated carbocycles. The van der Waals surface area contributed by atoms with Crippen LogP contribution in [0.5, 0.6) is 0 Å². The molecule has 1 fully saturated rings. The average molecular weight is 273 g/mol. The molecule has 2 atom stereocenters. The van der Waals surface area contributed by atoms with Crippen molar-refractivity contribution < 1.29 is 14.7 Å². The maximum Gasteiger partial charge on any atom is 0.169 e. The van der Waals surface area contributed by atoms with Crippen molar-refractivity contribution in [3.63, 3.8) is 0 Å². The van der Waals surface area contributed by atoms with Crippen LogP contribution in [0.3, 0.4) is 0 Å². The number of ether oxygens (including phenoxy) is 2. The lowest BCUT2D eigenvalue weighted by Gasteiger charge is -2.33. The van der Waals surface area contributed by atoms with Crippen LogP contribution >= 0.6 is 0 Å². The largest absolute Gasteiger partial charge is 0.411 e. The van der Waals surface area contributed by atoms with Gasteiger partial charge < -0.3 is 14.7 Å². The molecule has 2 aliphatic carbocycles. The number of rotatable bonds is 0. The normalized spacial score (nSPS) is 30.9. The van der Waals surface area contributed by atoms with E-state index in [9.17, 15) is 5.21 Å². The second kappa shape index (κ2) is 4.57. The van der Waals surface area contributed by atoms with Gasteiger partial charge in [0.2, 0.25) is 0 Å². The fraction of sp³-hybridized carbons (Fsp3) is 0.562. The van der Waals surface area contributed by atoms with E-state index < -0.39 is 5.79 Å². The van der Waals surface area contributed by atoms with Gasteiger partial charge in [-0.25, -0.2) is 0 Å². The number of oxime groups is 1. The zero-order valence-corrected chi connectivity index (χ0v) is 11.4. The molecule has 4 rings (SSSR count). The second-order valence-corrected chi connectivity index (χ2v) is 6.11. The van der Waals surface area contributed by atoms with Crippen LogP contribution in [0.25, 0.3) is 0 Å². The van der Waals surface area contributed by atoms with Gasteiger partial charge in [0.05, 0.1) is 18.9 Å². The van der Waals surface area contributed by atoms with E-state index in [1.165, 1.54) is 11.1 Å². The molecule has 0 radical (unpaired) electrons. The van der Waals surface area contributed by atoms with Crippen molar-refractivity contribution in [1.29, 1.82) is 0 Å². The van der Waals surface area contributed by atoms with Gasteiger partial charge in [-0.1, -0.05) is 29.4 Å². The Morgan fingerprint density at radius 1 is 1.00 bits per heavy atom. The monoisotopic (exact) mass is 273 g/mol. The van der Waals surface area contributed by atoms with Crippen LogP contribution in [-0.4, -0.2) is 29.9 Å². The highest BCUT2D eigenvalue weighted by atomic mass is 16.7. The van der Waals surface area contributed by atoms with E-state index in [1.54, 1.807) is 0 Å². The Labute approximate surface area is 118 Å². The minimum Gasteiger partial charge on any atom is -0.411 e. The second-order valence-electron chi connectivity index (χ2n) is 6.11. The molecule has 4 heteroatoms. The van der Waals surface area contributed by atoms with Crippen LogP contribution in [-0.2, 0) is 9.47 Å². The molecular weight excluding hydrogens is 254 g/mol. The Kier molecular flexibility index (Phi) is 2.82. The summed E-state index contributed by atoms with van der Waals surface area (Å²) in [5.41, 5.74) is 3.67. The molecule has 1 N–H and O–H groups in total. The minimum absolute atomic E-state index is 0.322. The topological polar surface area (TPSA) is 51.1 Å². The molecule has 4 nitrogen and oxygen atoms in total. The summed E-state index contributed by atoms with van der Waals surface area (Å²) in [5, 5.41) is 12.8. The van der Waals surface area contributed by atoms with Gasteiger partial charge in [0.15, 0.2) is 5.79 Å². The van der Waals surface area contributed by atoms with E-state index in [0.717, 1.165) is 31.4 Å². The molecule has 1 aromatic rings. The Bertz CT molecular complexity index is 509. The van der Waals surface area contributed by atoms with Crippen LogP contribution in [0.1, 0.15) is 48.6 Å². The fourth-order valence-corrected chi connectivity index (χ4v) is 4.14. The van der Waals surface area contributed by atoms with Crippen molar-refractivity contribution >= 4 is 5.71 Å². The van der Waals surface area contributed by atoms with Crippen molar-refractivity contribution in [2.75, 3.05) is 13.2 Å². The number of benzene rings is 1. The van der Waals surface area contributed by atoms with Crippen molar-refractivity contribution in [3.05, 3.63) is 35.4 Å². The summed E-state index contributed by atoms with van der Waals surface area (Å²) in [6, 6.07) is 8.61. The first-order valence-electron chi connectivity index (χ1n) is 7.36. The molecule has 20 heavy (non-hydrogen) atoms. The fourth-order valence-electron chi connectivity index (χ4n) is 4.14. The van der Waals surface area contributed by atoms with E-state index in [0.29, 0.717) is 25.0 Å². The van der Waals surface area contributed by atoms with Crippen LogP contribution in [0.4, 0.5) is 0 Å². The molecular formula is C16H19NO3. The molecule has 0 amide bonds. The summed E-state index contributed by atoms with van der Waals surface area (Å²) in [5.74, 6) is 0.223. The number of nitrogens with zero attached hydrogens (tertiary/aromatic N) is 1. The summed E-state index contributed by atoms with van der Waals surface area (Å²) in [6.07, 6.45) is 3.33. The van der Waals surface area contributed by atoms with Gasteiger partial charge in [0.1, 0.15) is 0 Å². The van der Waals surface area contributed by atoms with E-state index >= 15 is 0 Å². The van der Waals surface area contributed by atoms with Gasteiger partial charge >= 0.3 is 0 Å². The Morgan fingerprint density at radius 2 is 1.55 bits per heavy atom. The summed E-state index contributed by atoms with van der Waals surface area (Å²) >= 11 is 0. The zero-order valence-electron chi connectivity index (χ0n) is 11.4. The summed E-state index contributed by atoms with van der Waals surface area (Å²) in [6.45, 7) is 1.38. The smallest absolute Gasteiger partial charge is 0.169 e. The predicted octanol–water partition coefficient (Wildman–Crippen LogP) is 3.01. The van der Waals surface area contributed by atoms with Gasteiger partial charge in [-0.05, 0) is 35.8 Å². The molecule has 1 aromatic carbocycles. The number of hydrogen-bond acceptors (Lipinski definition) is 4. The lowest BCUT2D eigenvalue weighted by molar-refractivity contribution is -0.172. The molecule has 0 aromatic heterocycles. The van der Waals surface area contributed by atoms with Gasteiger partial charge in [-0.2, -0.15) is 0 Å². The predicted molar refractivity (Wildman–Crippen MR) is 74.2 cm³/mol.